The average Bonchev–Trinajstić information content (AvgIpc) is 3.30. The quantitative estimate of drug-likeness (QED) is 0.578. The molecule has 3 aromatic rings. The normalized spacial score (nSPS) is 12.0. The molecule has 3 rings (SSSR count). The van der Waals surface area contributed by atoms with Gasteiger partial charge in [0.2, 0.25) is 10.0 Å². The molecule has 7 nitrogen and oxygen atoms in total. The minimum Gasteiger partial charge on any atom is -0.272 e. The predicted octanol–water partition coefficient (Wildman–Crippen LogP) is 2.96. The molecule has 150 valence electrons. The Morgan fingerprint density at radius 2 is 1.71 bits per heavy atom. The molecule has 0 radical (unpaired) electrons. The molecular weight excluding hydrogens is 381 g/mol. The molecule has 0 saturated heterocycles. The van der Waals surface area contributed by atoms with Crippen molar-refractivity contribution in [2.24, 2.45) is 0 Å². The lowest BCUT2D eigenvalue weighted by Gasteiger charge is -2.21. The number of rotatable bonds is 8. The molecule has 28 heavy (non-hydrogen) atoms. The number of hydrogen-bond donors (Lipinski definition) is 0. The Morgan fingerprint density at radius 1 is 1.04 bits per heavy atom. The topological polar surface area (TPSA) is 73.0 Å². The minimum absolute atomic E-state index is 0.122. The van der Waals surface area contributed by atoms with Crippen molar-refractivity contribution in [3.8, 4) is 0 Å². The van der Waals surface area contributed by atoms with Crippen LogP contribution < -0.4 is 0 Å². The zero-order chi connectivity index (χ0) is 20.3. The van der Waals surface area contributed by atoms with Crippen molar-refractivity contribution in [2.45, 2.75) is 51.8 Å². The molecule has 0 atom stereocenters. The molecule has 0 N–H and O–H groups in total. The molecule has 0 aliphatic rings. The van der Waals surface area contributed by atoms with Gasteiger partial charge < -0.3 is 0 Å². The van der Waals surface area contributed by atoms with E-state index in [-0.39, 0.29) is 23.8 Å². The van der Waals surface area contributed by atoms with Crippen LogP contribution in [-0.2, 0) is 36.2 Å². The van der Waals surface area contributed by atoms with Gasteiger partial charge in [0.15, 0.2) is 0 Å². The van der Waals surface area contributed by atoms with Crippen molar-refractivity contribution in [2.75, 3.05) is 0 Å². The smallest absolute Gasteiger partial charge is 0.246 e. The van der Waals surface area contributed by atoms with Crippen molar-refractivity contribution in [1.82, 2.24) is 23.9 Å². The van der Waals surface area contributed by atoms with E-state index in [4.69, 9.17) is 0 Å². The zero-order valence-electron chi connectivity index (χ0n) is 16.2. The molecule has 0 unspecified atom stereocenters. The monoisotopic (exact) mass is 405 g/mol. The van der Waals surface area contributed by atoms with Crippen LogP contribution in [0, 0.1) is 12.7 Å². The predicted molar refractivity (Wildman–Crippen MR) is 103 cm³/mol. The number of nitrogens with zero attached hydrogens (tertiary/aromatic N) is 5. The highest BCUT2D eigenvalue weighted by Crippen LogP contribution is 2.22. The van der Waals surface area contributed by atoms with Crippen molar-refractivity contribution in [3.05, 3.63) is 65.5 Å². The minimum atomic E-state index is -3.79. The fraction of sp³-hybridized carbons (Fsp3) is 0.368. The van der Waals surface area contributed by atoms with Gasteiger partial charge in [-0.05, 0) is 38.5 Å². The lowest BCUT2D eigenvalue weighted by molar-refractivity contribution is 0.400. The van der Waals surface area contributed by atoms with Crippen LogP contribution in [0.25, 0.3) is 0 Å². The van der Waals surface area contributed by atoms with Crippen LogP contribution in [0.5, 0.6) is 0 Å². The number of benzene rings is 1. The molecule has 0 fully saturated rings. The third-order valence-corrected chi connectivity index (χ3v) is 6.31. The van der Waals surface area contributed by atoms with Crippen LogP contribution in [-0.4, -0.2) is 32.3 Å². The largest absolute Gasteiger partial charge is 0.272 e. The maximum absolute atomic E-state index is 13.3. The summed E-state index contributed by atoms with van der Waals surface area (Å²) in [5, 5.41) is 8.49. The Bertz CT molecular complexity index is 1040. The summed E-state index contributed by atoms with van der Waals surface area (Å²) in [6.45, 7) is 7.30. The number of aryl methyl sites for hydroxylation is 3. The Hall–Kier alpha value is -2.52. The van der Waals surface area contributed by atoms with Crippen molar-refractivity contribution in [3.63, 3.8) is 0 Å². The van der Waals surface area contributed by atoms with Crippen molar-refractivity contribution >= 4 is 10.0 Å². The van der Waals surface area contributed by atoms with Gasteiger partial charge >= 0.3 is 0 Å². The van der Waals surface area contributed by atoms with E-state index >= 15 is 0 Å². The molecule has 2 aromatic heterocycles. The van der Waals surface area contributed by atoms with E-state index in [0.29, 0.717) is 18.7 Å². The first-order chi connectivity index (χ1) is 13.3. The lowest BCUT2D eigenvalue weighted by atomic mass is 10.2. The lowest BCUT2D eigenvalue weighted by Crippen LogP contribution is -2.30. The summed E-state index contributed by atoms with van der Waals surface area (Å²) in [4.78, 5) is 0.136. The SMILES string of the molecule is CCn1cc(S(=O)(=O)N(Cc2ccc(F)cc2)Cc2cn(CC)nc2C)cn1. The van der Waals surface area contributed by atoms with Gasteiger partial charge in [0, 0.05) is 44.1 Å². The first-order valence-electron chi connectivity index (χ1n) is 9.13. The fourth-order valence-corrected chi connectivity index (χ4v) is 4.25. The van der Waals surface area contributed by atoms with Crippen LogP contribution in [0.4, 0.5) is 4.39 Å². The second kappa shape index (κ2) is 8.24. The molecule has 0 aliphatic heterocycles. The van der Waals surface area contributed by atoms with Gasteiger partial charge in [0.25, 0.3) is 0 Å². The van der Waals surface area contributed by atoms with Crippen molar-refractivity contribution in [1.29, 1.82) is 0 Å². The number of sulfonamides is 1. The number of aromatic nitrogens is 4. The Kier molecular flexibility index (Phi) is 5.95. The summed E-state index contributed by atoms with van der Waals surface area (Å²) in [5.41, 5.74) is 2.31. The first-order valence-corrected chi connectivity index (χ1v) is 10.6. The summed E-state index contributed by atoms with van der Waals surface area (Å²) in [6.07, 6.45) is 4.74. The third-order valence-electron chi connectivity index (χ3n) is 4.56. The maximum atomic E-state index is 13.3. The molecule has 0 amide bonds. The molecule has 0 bridgehead atoms. The third kappa shape index (κ3) is 4.31. The van der Waals surface area contributed by atoms with Gasteiger partial charge in [0.1, 0.15) is 10.7 Å². The van der Waals surface area contributed by atoms with E-state index in [1.54, 1.807) is 21.5 Å². The molecule has 1 aromatic carbocycles. The van der Waals surface area contributed by atoms with Crippen LogP contribution in [0.1, 0.15) is 30.7 Å². The fourth-order valence-electron chi connectivity index (χ4n) is 2.89. The first kappa shape index (κ1) is 20.2. The van der Waals surface area contributed by atoms with E-state index in [1.807, 2.05) is 27.0 Å². The second-order valence-corrected chi connectivity index (χ2v) is 8.46. The average molecular weight is 405 g/mol. The molecule has 9 heteroatoms. The summed E-state index contributed by atoms with van der Waals surface area (Å²) in [5.74, 6) is -0.359. The van der Waals surface area contributed by atoms with Gasteiger partial charge in [-0.3, -0.25) is 9.36 Å². The van der Waals surface area contributed by atoms with E-state index in [9.17, 15) is 12.8 Å². The van der Waals surface area contributed by atoms with Gasteiger partial charge in [-0.1, -0.05) is 12.1 Å². The number of hydrogen-bond acceptors (Lipinski definition) is 4. The van der Waals surface area contributed by atoms with Crippen LogP contribution in [0.15, 0.2) is 47.8 Å². The second-order valence-electron chi connectivity index (χ2n) is 6.53. The highest BCUT2D eigenvalue weighted by Gasteiger charge is 2.27. The summed E-state index contributed by atoms with van der Waals surface area (Å²) < 4.78 is 44.6. The Labute approximate surface area is 164 Å². The zero-order valence-corrected chi connectivity index (χ0v) is 17.0. The van der Waals surface area contributed by atoms with E-state index in [0.717, 1.165) is 11.3 Å². The molecule has 2 heterocycles. The van der Waals surface area contributed by atoms with Crippen LogP contribution in [0.3, 0.4) is 0 Å². The standard InChI is InChI=1S/C19H24FN5O2S/c1-4-23-14-19(10-21-23)28(26,27)25(11-16-6-8-18(20)9-7-16)13-17-12-24(5-2)22-15(17)3/h6-10,12,14H,4-5,11,13H2,1-3H3. The number of halogens is 1. The van der Waals surface area contributed by atoms with Crippen molar-refractivity contribution < 1.29 is 12.8 Å². The highest BCUT2D eigenvalue weighted by atomic mass is 32.2. The van der Waals surface area contributed by atoms with Gasteiger partial charge in [-0.25, -0.2) is 12.8 Å². The molecule has 0 aliphatic carbocycles. The van der Waals surface area contributed by atoms with Gasteiger partial charge in [0.05, 0.1) is 11.9 Å². The Morgan fingerprint density at radius 3 is 2.29 bits per heavy atom. The highest BCUT2D eigenvalue weighted by molar-refractivity contribution is 7.89. The van der Waals surface area contributed by atoms with Crippen LogP contribution in [0.2, 0.25) is 0 Å². The summed E-state index contributed by atoms with van der Waals surface area (Å²) in [6, 6.07) is 5.84. The van der Waals surface area contributed by atoms with Gasteiger partial charge in [-0.15, -0.1) is 0 Å². The maximum Gasteiger partial charge on any atom is 0.246 e. The summed E-state index contributed by atoms with van der Waals surface area (Å²) >= 11 is 0. The van der Waals surface area contributed by atoms with Crippen LogP contribution >= 0.6 is 0 Å². The molecule has 0 saturated carbocycles. The summed E-state index contributed by atoms with van der Waals surface area (Å²) in [7, 11) is -3.79. The molecular formula is C19H24FN5O2S. The van der Waals surface area contributed by atoms with E-state index in [2.05, 4.69) is 10.2 Å². The molecule has 0 spiro atoms. The van der Waals surface area contributed by atoms with E-state index < -0.39 is 10.0 Å². The van der Waals surface area contributed by atoms with E-state index in [1.165, 1.54) is 28.8 Å². The van der Waals surface area contributed by atoms with Gasteiger partial charge in [-0.2, -0.15) is 14.5 Å². The Balaban J connectivity index is 1.97.